The summed E-state index contributed by atoms with van der Waals surface area (Å²) >= 11 is -0.791. The van der Waals surface area contributed by atoms with Gasteiger partial charge in [-0.2, -0.15) is 33.7 Å². The van der Waals surface area contributed by atoms with Crippen LogP contribution in [0.15, 0.2) is 5.11 Å². The number of nitrogens with zero attached hydrogens (tertiary/aromatic N) is 3. The van der Waals surface area contributed by atoms with Crippen molar-refractivity contribution < 1.29 is 221 Å². The molecule has 5 heterocycles. The van der Waals surface area contributed by atoms with Crippen molar-refractivity contribution in [1.29, 1.82) is 0 Å². The van der Waals surface area contributed by atoms with Crippen molar-refractivity contribution in [2.24, 2.45) is 5.11 Å². The number of carboxylic acids is 2. The van der Waals surface area contributed by atoms with Crippen LogP contribution < -0.4 is 0 Å². The van der Waals surface area contributed by atoms with E-state index >= 15 is 0 Å². The molecule has 95 heavy (non-hydrogen) atoms. The van der Waals surface area contributed by atoms with Crippen LogP contribution in [0.25, 0.3) is 10.4 Å². The summed E-state index contributed by atoms with van der Waals surface area (Å²) in [6.45, 7) is -3.84. The fourth-order valence-electron chi connectivity index (χ4n) is 9.96. The molecule has 25 atom stereocenters. The summed E-state index contributed by atoms with van der Waals surface area (Å²) in [5, 5.41) is 62.5. The highest BCUT2D eigenvalue weighted by Gasteiger charge is 2.62. The minimum Gasteiger partial charge on any atom is -0.479 e. The number of hydrogen-bond donors (Lipinski definition) is 9. The van der Waals surface area contributed by atoms with Crippen LogP contribution in [-0.4, -0.2) is 313 Å². The monoisotopic (exact) mass is 1540 g/mol. The van der Waals surface area contributed by atoms with Crippen molar-refractivity contribution >= 4 is 90.5 Å². The Kier molecular flexibility index (Phi) is 33.9. The molecule has 5 aliphatic rings. The minimum absolute atomic E-state index is 0.135. The standard InChI is InChI=1S/C37H61N3O48S7/c1-60-15-11(8-67-92(48,49)50)70-33(14(39-40-38)18(15)61-2)75-21-19(62-3)27(64-5)36(77-25(21)31(41)42)74-17-13(10-69-94(54,55)56)72-37(30(82-95(57,58)59)24(17)80-90-87-84-46)76-22-20(63-4)28(65-6)35(78-26(22)32(43)44)73-16-12(9-68-93(51,52)53)71-34(66-7)29(81-91-88-85-47)23(16)79-89-86-83-45/h11-30,33-37,45-47H,8-10H2,1-7H3,(H,41,42)(H,43,44)(H,48,49,50)(H,51,52,53)(H,54,55,56)(H,57,58,59)/t11?,12?,13-,14?,15+,16+,17-,18-,19+,20?,21-,22+,23+,24?,25?,26-,27?,28?,29?,30?,33+,34-,35+,36-,37-/m1/s1. The van der Waals surface area contributed by atoms with E-state index in [-0.39, 0.29) is 24.6 Å². The number of hydrogen-bond acceptors (Lipinski definition) is 46. The van der Waals surface area contributed by atoms with Crippen LogP contribution in [0.4, 0.5) is 0 Å². The number of aliphatic carboxylic acids is 2. The molecule has 0 amide bonds. The molecule has 0 aromatic heterocycles. The van der Waals surface area contributed by atoms with E-state index in [1.165, 1.54) is 0 Å². The Labute approximate surface area is 547 Å². The van der Waals surface area contributed by atoms with Crippen molar-refractivity contribution in [3.8, 4) is 0 Å². The topological polar surface area (TPSA) is 669 Å². The zero-order chi connectivity index (χ0) is 70.8. The van der Waals surface area contributed by atoms with Gasteiger partial charge >= 0.3 is 53.5 Å². The number of carboxylic acid groups (broad SMARTS) is 2. The molecule has 0 aromatic rings. The maximum absolute atomic E-state index is 13.4. The zero-order valence-corrected chi connectivity index (χ0v) is 54.4. The third-order valence-corrected chi connectivity index (χ3v) is 16.5. The molecule has 0 aliphatic carbocycles. The summed E-state index contributed by atoms with van der Waals surface area (Å²) in [5.74, 6) is -4.03. The molecule has 0 bridgehead atoms. The Morgan fingerprint density at radius 1 is 0.411 bits per heavy atom. The molecule has 5 fully saturated rings. The summed E-state index contributed by atoms with van der Waals surface area (Å²) in [7, 11) is -15.4. The molecule has 51 nitrogen and oxygen atoms in total. The highest BCUT2D eigenvalue weighted by atomic mass is 32.3. The number of carbonyl (C=O) groups is 2. The van der Waals surface area contributed by atoms with Gasteiger partial charge in [0.15, 0.2) is 92.8 Å². The molecule has 0 aromatic carbocycles. The van der Waals surface area contributed by atoms with Crippen LogP contribution in [0.5, 0.6) is 0 Å². The predicted molar refractivity (Wildman–Crippen MR) is 284 cm³/mol. The van der Waals surface area contributed by atoms with Crippen LogP contribution in [0.3, 0.4) is 0 Å². The van der Waals surface area contributed by atoms with Gasteiger partial charge in [0.25, 0.3) is 0 Å². The minimum atomic E-state index is -5.98. The normalized spacial score (nSPS) is 36.7. The lowest BCUT2D eigenvalue weighted by Crippen LogP contribution is -2.69. The number of ether oxygens (including phenoxy) is 16. The van der Waals surface area contributed by atoms with Crippen LogP contribution in [-0.2, 0) is 184 Å². The van der Waals surface area contributed by atoms with E-state index in [1.807, 2.05) is 0 Å². The summed E-state index contributed by atoms with van der Waals surface area (Å²) in [4.78, 5) is 29.5. The van der Waals surface area contributed by atoms with Crippen molar-refractivity contribution in [1.82, 2.24) is 0 Å². The lowest BCUT2D eigenvalue weighted by molar-refractivity contribution is -0.436. The predicted octanol–water partition coefficient (Wildman–Crippen LogP) is -3.51. The zero-order valence-electron chi connectivity index (χ0n) is 48.7. The van der Waals surface area contributed by atoms with Crippen molar-refractivity contribution in [2.75, 3.05) is 69.6 Å². The summed E-state index contributed by atoms with van der Waals surface area (Å²) in [6, 6.07) is -1.68. The van der Waals surface area contributed by atoms with Crippen LogP contribution in [0.2, 0.25) is 0 Å². The Morgan fingerprint density at radius 3 is 1.09 bits per heavy atom. The van der Waals surface area contributed by atoms with E-state index in [4.69, 9.17) is 108 Å². The first kappa shape index (κ1) is 83.3. The third-order valence-electron chi connectivity index (χ3n) is 13.5. The molecule has 5 aliphatic heterocycles. The van der Waals surface area contributed by atoms with Crippen molar-refractivity contribution in [3.05, 3.63) is 10.4 Å². The quantitative estimate of drug-likeness (QED) is 0.00419. The Balaban J connectivity index is 1.61. The SMILES string of the molecule is COC1C(OC)[C@H](O[C@H]2O[C@H](COS(=O)(=O)O)[C@@H](O[C@@H]3OC(C(=O)O)[C@H](O[C@@H]4OC(COS(=O)(=O)O)[C@H](OC)[C@H](OC)C4N=[N+]=[N-])[C@H](OC)C3OC)C(OSOOO)C2OS(=O)(=O)O)[C@H](C(=O)O)O[C@@H]1O[C@H]1C(COS(=O)(=O)O)O[C@@H](OC)C(OSOOO)[C@H]1OSOOO. The summed E-state index contributed by atoms with van der Waals surface area (Å²) in [6.07, 6.45) is -50.6. The number of azide groups is 1. The first-order chi connectivity index (χ1) is 44.8. The van der Waals surface area contributed by atoms with E-state index in [1.54, 1.807) is 0 Å². The Hall–Kier alpha value is -2.34. The van der Waals surface area contributed by atoms with Gasteiger partial charge in [-0.3, -0.25) is 30.8 Å². The second-order valence-corrected chi connectivity index (χ2v) is 24.3. The summed E-state index contributed by atoms with van der Waals surface area (Å²) in [5.41, 5.74) is 9.59. The van der Waals surface area contributed by atoms with Crippen molar-refractivity contribution in [3.63, 3.8) is 0 Å². The lowest BCUT2D eigenvalue weighted by atomic mass is 9.94. The number of methoxy groups -OCH3 is 7. The van der Waals surface area contributed by atoms with E-state index in [9.17, 15) is 77.2 Å². The lowest BCUT2D eigenvalue weighted by Gasteiger charge is -2.51. The van der Waals surface area contributed by atoms with E-state index in [2.05, 4.69) is 50.7 Å². The number of rotatable bonds is 41. The summed E-state index contributed by atoms with van der Waals surface area (Å²) < 4.78 is 276. The molecule has 9 N–H and O–H groups in total. The van der Waals surface area contributed by atoms with Crippen LogP contribution in [0, 0.1) is 0 Å². The van der Waals surface area contributed by atoms with Crippen molar-refractivity contribution in [2.45, 2.75) is 153 Å². The van der Waals surface area contributed by atoms with Crippen LogP contribution >= 0.6 is 37.0 Å². The Morgan fingerprint density at radius 2 is 0.747 bits per heavy atom. The second kappa shape index (κ2) is 38.6. The molecule has 5 rings (SSSR count). The average molecular weight is 1540 g/mol. The van der Waals surface area contributed by atoms with Gasteiger partial charge in [-0.25, -0.2) is 42.1 Å². The fraction of sp³-hybridized carbons (Fsp3) is 0.946. The van der Waals surface area contributed by atoms with E-state index in [0.29, 0.717) is 0 Å². The molecule has 0 spiro atoms. The van der Waals surface area contributed by atoms with Gasteiger partial charge in [0.2, 0.25) is 0 Å². The molecular formula is C37H61N3O48S7. The maximum Gasteiger partial charge on any atom is 0.397 e. The van der Waals surface area contributed by atoms with Gasteiger partial charge in [-0.1, -0.05) is 20.2 Å². The maximum atomic E-state index is 13.4. The molecule has 58 heteroatoms. The molecule has 10 unspecified atom stereocenters. The first-order valence-corrected chi connectivity index (χ1v) is 32.8. The van der Waals surface area contributed by atoms with Gasteiger partial charge in [-0.05, 0) is 5.53 Å². The molecule has 5 saturated heterocycles. The first-order valence-electron chi connectivity index (χ1n) is 25.3. The third kappa shape index (κ3) is 23.6. The van der Waals surface area contributed by atoms with E-state index < -0.39 is 239 Å². The molecule has 0 saturated carbocycles. The molecule has 0 radical (unpaired) electrons. The molecule has 554 valence electrons. The van der Waals surface area contributed by atoms with Gasteiger partial charge in [0.05, 0.1) is 25.9 Å². The second-order valence-electron chi connectivity index (χ2n) is 18.6. The van der Waals surface area contributed by atoms with Crippen LogP contribution in [0.1, 0.15) is 0 Å². The van der Waals surface area contributed by atoms with Gasteiger partial charge in [0, 0.05) is 54.7 Å². The highest BCUT2D eigenvalue weighted by molar-refractivity contribution is 7.90. The largest absolute Gasteiger partial charge is 0.479 e. The van der Waals surface area contributed by atoms with Gasteiger partial charge in [-0.15, -0.1) is 13.0 Å². The Bertz CT molecular complexity index is 2890. The van der Waals surface area contributed by atoms with Gasteiger partial charge < -0.3 is 86.0 Å². The average Bonchev–Trinajstić information content (AvgIpc) is 0.765. The highest BCUT2D eigenvalue weighted by Crippen LogP contribution is 2.42. The van der Waals surface area contributed by atoms with Gasteiger partial charge in [0.1, 0.15) is 91.5 Å². The molecular weight excluding hydrogens is 1480 g/mol. The smallest absolute Gasteiger partial charge is 0.397 e. The van der Waals surface area contributed by atoms with E-state index in [0.717, 1.165) is 49.8 Å². The fourth-order valence-corrected chi connectivity index (χ4v) is 12.4.